The lowest BCUT2D eigenvalue weighted by Crippen LogP contribution is -2.34. The van der Waals surface area contributed by atoms with Crippen LogP contribution in [0.3, 0.4) is 0 Å². The lowest BCUT2D eigenvalue weighted by molar-refractivity contribution is -0.140. The van der Waals surface area contributed by atoms with Crippen molar-refractivity contribution < 1.29 is 39.6 Å². The minimum Gasteiger partial charge on any atom is -0.480 e. The van der Waals surface area contributed by atoms with E-state index < -0.39 is 36.0 Å². The summed E-state index contributed by atoms with van der Waals surface area (Å²) in [4.78, 5) is 43.6. The highest BCUT2D eigenvalue weighted by molar-refractivity contribution is 5.88. The van der Waals surface area contributed by atoms with E-state index in [9.17, 15) is 19.2 Å². The van der Waals surface area contributed by atoms with Gasteiger partial charge in [0, 0.05) is 11.8 Å². The largest absolute Gasteiger partial charge is 0.480 e. The Bertz CT molecular complexity index is 1070. The number of hydrogen-bond donors (Lipinski definition) is 6. The lowest BCUT2D eigenvalue weighted by Gasteiger charge is -2.16. The molecule has 0 bridgehead atoms. The summed E-state index contributed by atoms with van der Waals surface area (Å²) in [6.07, 6.45) is 1.46. The monoisotopic (exact) mass is 470 g/mol. The Kier molecular flexibility index (Phi) is 7.98. The molecule has 0 unspecified atom stereocenters. The molecule has 10 heteroatoms. The summed E-state index contributed by atoms with van der Waals surface area (Å²) in [5.41, 5.74) is 2.04. The first-order valence-corrected chi connectivity index (χ1v) is 10.8. The Hall–Kier alpha value is -3.76. The SMILES string of the molecule is O=C(O)c1ccc([C@H]2CCN[C@@H]2C(=O)O)cc1.O=C(O)c1cccc([C@H]2CCN[C@@H]2C(=O)O)c1. The number of rotatable bonds is 6. The second-order valence-corrected chi connectivity index (χ2v) is 8.19. The van der Waals surface area contributed by atoms with Crippen LogP contribution in [-0.4, -0.2) is 69.5 Å². The summed E-state index contributed by atoms with van der Waals surface area (Å²) < 4.78 is 0. The van der Waals surface area contributed by atoms with Gasteiger partial charge in [0.05, 0.1) is 11.1 Å². The van der Waals surface area contributed by atoms with E-state index in [1.54, 1.807) is 30.3 Å². The van der Waals surface area contributed by atoms with Gasteiger partial charge in [-0.1, -0.05) is 24.3 Å². The molecule has 2 aliphatic heterocycles. The Balaban J connectivity index is 0.000000191. The molecule has 0 aromatic heterocycles. The first-order valence-electron chi connectivity index (χ1n) is 10.8. The van der Waals surface area contributed by atoms with Gasteiger partial charge in [0.25, 0.3) is 0 Å². The fourth-order valence-electron chi connectivity index (χ4n) is 4.42. The maximum absolute atomic E-state index is 11.0. The zero-order chi connectivity index (χ0) is 24.8. The second kappa shape index (κ2) is 10.9. The predicted molar refractivity (Wildman–Crippen MR) is 120 cm³/mol. The molecule has 0 aliphatic carbocycles. The Morgan fingerprint density at radius 2 is 1.15 bits per heavy atom. The number of benzene rings is 2. The number of aromatic carboxylic acids is 2. The summed E-state index contributed by atoms with van der Waals surface area (Å²) in [5.74, 6) is -3.98. The van der Waals surface area contributed by atoms with Crippen LogP contribution in [0.1, 0.15) is 56.5 Å². The van der Waals surface area contributed by atoms with Gasteiger partial charge in [0.2, 0.25) is 0 Å². The van der Waals surface area contributed by atoms with Gasteiger partial charge in [-0.3, -0.25) is 9.59 Å². The van der Waals surface area contributed by atoms with Crippen molar-refractivity contribution in [2.24, 2.45) is 0 Å². The van der Waals surface area contributed by atoms with Crippen molar-refractivity contribution in [2.75, 3.05) is 13.1 Å². The zero-order valence-corrected chi connectivity index (χ0v) is 18.2. The van der Waals surface area contributed by atoms with Crippen LogP contribution < -0.4 is 10.6 Å². The Morgan fingerprint density at radius 1 is 0.647 bits per heavy atom. The number of carbonyl (C=O) groups is 4. The molecule has 2 fully saturated rings. The van der Waals surface area contributed by atoms with Crippen LogP contribution in [0.4, 0.5) is 0 Å². The quantitative estimate of drug-likeness (QED) is 0.365. The first kappa shape index (κ1) is 24.9. The number of carboxylic acids is 4. The maximum Gasteiger partial charge on any atom is 0.335 e. The minimum atomic E-state index is -0.996. The molecule has 2 heterocycles. The molecule has 10 nitrogen and oxygen atoms in total. The maximum atomic E-state index is 11.0. The lowest BCUT2D eigenvalue weighted by atomic mass is 9.91. The molecule has 0 amide bonds. The van der Waals surface area contributed by atoms with Gasteiger partial charge >= 0.3 is 23.9 Å². The van der Waals surface area contributed by atoms with E-state index in [1.165, 1.54) is 18.2 Å². The standard InChI is InChI=1S/2C12H13NO4/c14-11(15)8-3-1-7(2-4-8)9-5-6-13-10(9)12(16)17;14-11(15)8-3-1-2-7(6-8)9-4-5-13-10(9)12(16)17/h1-4,9-10,13H,5-6H2,(H,14,15)(H,16,17);1-3,6,9-10,13H,4-5H2,(H,14,15)(H,16,17)/t2*9-,10+/m11/s1. The Morgan fingerprint density at radius 3 is 1.62 bits per heavy atom. The minimum absolute atomic E-state index is 0.0876. The van der Waals surface area contributed by atoms with Crippen molar-refractivity contribution >= 4 is 23.9 Å². The van der Waals surface area contributed by atoms with Gasteiger partial charge in [-0.15, -0.1) is 0 Å². The summed E-state index contributed by atoms with van der Waals surface area (Å²) in [5, 5.41) is 41.6. The summed E-state index contributed by atoms with van der Waals surface area (Å²) >= 11 is 0. The predicted octanol–water partition coefficient (Wildman–Crippen LogP) is 1.83. The number of carboxylic acid groups (broad SMARTS) is 4. The van der Waals surface area contributed by atoms with Gasteiger partial charge in [-0.2, -0.15) is 0 Å². The van der Waals surface area contributed by atoms with Crippen molar-refractivity contribution in [3.63, 3.8) is 0 Å². The van der Waals surface area contributed by atoms with Crippen LogP contribution in [0.15, 0.2) is 48.5 Å². The van der Waals surface area contributed by atoms with E-state index in [0.29, 0.717) is 19.5 Å². The van der Waals surface area contributed by atoms with Crippen molar-refractivity contribution in [3.05, 3.63) is 70.8 Å². The van der Waals surface area contributed by atoms with E-state index >= 15 is 0 Å². The van der Waals surface area contributed by atoms with Crippen LogP contribution in [0.5, 0.6) is 0 Å². The molecule has 0 saturated carbocycles. The van der Waals surface area contributed by atoms with E-state index in [2.05, 4.69) is 10.6 Å². The molecule has 4 rings (SSSR count). The highest BCUT2D eigenvalue weighted by Crippen LogP contribution is 2.29. The van der Waals surface area contributed by atoms with E-state index in [-0.39, 0.29) is 23.0 Å². The molecule has 34 heavy (non-hydrogen) atoms. The topological polar surface area (TPSA) is 173 Å². The molecule has 0 radical (unpaired) electrons. The van der Waals surface area contributed by atoms with Gasteiger partial charge in [0.1, 0.15) is 12.1 Å². The van der Waals surface area contributed by atoms with Crippen LogP contribution in [0.2, 0.25) is 0 Å². The number of hydrogen-bond acceptors (Lipinski definition) is 6. The van der Waals surface area contributed by atoms with Crippen LogP contribution in [0.25, 0.3) is 0 Å². The van der Waals surface area contributed by atoms with E-state index in [1.807, 2.05) is 0 Å². The highest BCUT2D eigenvalue weighted by Gasteiger charge is 2.34. The molecule has 2 aliphatic rings. The molecule has 2 saturated heterocycles. The average molecular weight is 470 g/mol. The molecule has 0 spiro atoms. The first-order chi connectivity index (χ1) is 16.2. The third-order valence-corrected chi connectivity index (χ3v) is 6.12. The highest BCUT2D eigenvalue weighted by atomic mass is 16.4. The fraction of sp³-hybridized carbons (Fsp3) is 0.333. The normalized spacial score (nSPS) is 23.5. The smallest absolute Gasteiger partial charge is 0.335 e. The van der Waals surface area contributed by atoms with Crippen molar-refractivity contribution in [1.29, 1.82) is 0 Å². The molecule has 6 N–H and O–H groups in total. The number of aliphatic carboxylic acids is 2. The van der Waals surface area contributed by atoms with Gasteiger partial charge in [-0.05, 0) is 61.3 Å². The molecule has 4 atom stereocenters. The van der Waals surface area contributed by atoms with Crippen LogP contribution >= 0.6 is 0 Å². The van der Waals surface area contributed by atoms with Crippen molar-refractivity contribution in [1.82, 2.24) is 10.6 Å². The second-order valence-electron chi connectivity index (χ2n) is 8.19. The van der Waals surface area contributed by atoms with Crippen molar-refractivity contribution in [2.45, 2.75) is 36.8 Å². The Labute approximate surface area is 195 Å². The van der Waals surface area contributed by atoms with Crippen LogP contribution in [0, 0.1) is 0 Å². The summed E-state index contributed by atoms with van der Waals surface area (Å²) in [6.45, 7) is 1.31. The molecular weight excluding hydrogens is 444 g/mol. The van der Waals surface area contributed by atoms with Gasteiger partial charge in [0.15, 0.2) is 0 Å². The molecule has 2 aromatic rings. The van der Waals surface area contributed by atoms with Crippen LogP contribution in [-0.2, 0) is 9.59 Å². The van der Waals surface area contributed by atoms with E-state index in [4.69, 9.17) is 20.4 Å². The fourth-order valence-corrected chi connectivity index (χ4v) is 4.42. The average Bonchev–Trinajstić information content (AvgIpc) is 3.50. The molecular formula is C24H26N2O8. The zero-order valence-electron chi connectivity index (χ0n) is 18.2. The molecule has 180 valence electrons. The van der Waals surface area contributed by atoms with Crippen molar-refractivity contribution in [3.8, 4) is 0 Å². The summed E-state index contributed by atoms with van der Waals surface area (Å²) in [6, 6.07) is 11.7. The van der Waals surface area contributed by atoms with Gasteiger partial charge < -0.3 is 31.1 Å². The van der Waals surface area contributed by atoms with Gasteiger partial charge in [-0.25, -0.2) is 9.59 Å². The van der Waals surface area contributed by atoms with E-state index in [0.717, 1.165) is 17.5 Å². The number of nitrogens with one attached hydrogen (secondary N) is 2. The summed E-state index contributed by atoms with van der Waals surface area (Å²) in [7, 11) is 0. The third-order valence-electron chi connectivity index (χ3n) is 6.12. The third kappa shape index (κ3) is 5.77. The molecule has 2 aromatic carbocycles.